The lowest BCUT2D eigenvalue weighted by Crippen LogP contribution is -2.26. The summed E-state index contributed by atoms with van der Waals surface area (Å²) in [6.45, 7) is 2.11. The van der Waals surface area contributed by atoms with Gasteiger partial charge in [-0.15, -0.1) is 0 Å². The van der Waals surface area contributed by atoms with Crippen molar-refractivity contribution in [1.82, 2.24) is 5.32 Å². The molecule has 0 aliphatic carbocycles. The second-order valence-corrected chi connectivity index (χ2v) is 5.78. The highest BCUT2D eigenvalue weighted by Gasteiger charge is 2.18. The van der Waals surface area contributed by atoms with Gasteiger partial charge in [-0.2, -0.15) is 0 Å². The van der Waals surface area contributed by atoms with Gasteiger partial charge in [0.05, 0.1) is 16.6 Å². The molecule has 1 N–H and O–H groups in total. The molecule has 1 heterocycles. The Bertz CT molecular complexity index is 733. The third-order valence-corrected chi connectivity index (χ3v) is 3.97. The van der Waals surface area contributed by atoms with E-state index in [2.05, 4.69) is 5.32 Å². The molecular formula is C16H13Cl2NO3. The normalized spacial score (nSPS) is 13.8. The van der Waals surface area contributed by atoms with Gasteiger partial charge in [-0.05, 0) is 42.8 Å². The first-order valence-electron chi connectivity index (χ1n) is 6.70. The molecule has 1 aliphatic heterocycles. The summed E-state index contributed by atoms with van der Waals surface area (Å²) in [7, 11) is 0. The Kier molecular flexibility index (Phi) is 4.14. The van der Waals surface area contributed by atoms with Crippen molar-refractivity contribution in [3.63, 3.8) is 0 Å². The number of hydrogen-bond acceptors (Lipinski definition) is 3. The summed E-state index contributed by atoms with van der Waals surface area (Å²) in [5, 5.41) is 3.71. The van der Waals surface area contributed by atoms with Crippen molar-refractivity contribution >= 4 is 29.1 Å². The van der Waals surface area contributed by atoms with Crippen molar-refractivity contribution in [3.8, 4) is 11.5 Å². The fraction of sp³-hybridized carbons (Fsp3) is 0.188. The van der Waals surface area contributed by atoms with Crippen molar-refractivity contribution in [2.24, 2.45) is 0 Å². The van der Waals surface area contributed by atoms with Crippen LogP contribution in [0.4, 0.5) is 0 Å². The summed E-state index contributed by atoms with van der Waals surface area (Å²) in [5.41, 5.74) is 1.31. The van der Waals surface area contributed by atoms with Crippen molar-refractivity contribution in [3.05, 3.63) is 57.6 Å². The molecule has 1 aliphatic rings. The first-order valence-corrected chi connectivity index (χ1v) is 7.45. The number of nitrogens with one attached hydrogen (secondary N) is 1. The molecule has 4 nitrogen and oxygen atoms in total. The summed E-state index contributed by atoms with van der Waals surface area (Å²) < 4.78 is 10.6. The number of carbonyl (C=O) groups excluding carboxylic acids is 1. The van der Waals surface area contributed by atoms with Crippen LogP contribution in [0, 0.1) is 0 Å². The minimum atomic E-state index is -0.258. The van der Waals surface area contributed by atoms with Crippen LogP contribution < -0.4 is 14.8 Å². The molecule has 0 fully saturated rings. The van der Waals surface area contributed by atoms with E-state index < -0.39 is 0 Å². The summed E-state index contributed by atoms with van der Waals surface area (Å²) in [4.78, 5) is 12.3. The molecule has 1 atom stereocenters. The highest BCUT2D eigenvalue weighted by Crippen LogP contribution is 2.34. The average Bonchev–Trinajstić information content (AvgIpc) is 2.94. The van der Waals surface area contributed by atoms with Crippen molar-refractivity contribution in [1.29, 1.82) is 0 Å². The molecule has 0 saturated carbocycles. The number of halogens is 2. The predicted molar refractivity (Wildman–Crippen MR) is 84.9 cm³/mol. The maximum Gasteiger partial charge on any atom is 0.253 e. The van der Waals surface area contributed by atoms with Gasteiger partial charge in [0.1, 0.15) is 0 Å². The number of fused-ring (bicyclic) bond motifs is 1. The van der Waals surface area contributed by atoms with Gasteiger partial charge in [-0.3, -0.25) is 4.79 Å². The summed E-state index contributed by atoms with van der Waals surface area (Å²) in [6, 6.07) is 10.2. The number of amides is 1. The average molecular weight is 338 g/mol. The van der Waals surface area contributed by atoms with Gasteiger partial charge < -0.3 is 14.8 Å². The van der Waals surface area contributed by atoms with Crippen LogP contribution in [0.2, 0.25) is 10.0 Å². The monoisotopic (exact) mass is 337 g/mol. The smallest absolute Gasteiger partial charge is 0.253 e. The lowest BCUT2D eigenvalue weighted by Gasteiger charge is -2.15. The molecule has 0 bridgehead atoms. The first-order chi connectivity index (χ1) is 10.5. The van der Waals surface area contributed by atoms with Crippen molar-refractivity contribution < 1.29 is 14.3 Å². The van der Waals surface area contributed by atoms with Gasteiger partial charge in [0.15, 0.2) is 11.5 Å². The lowest BCUT2D eigenvalue weighted by molar-refractivity contribution is 0.0940. The first kappa shape index (κ1) is 15.0. The maximum atomic E-state index is 12.3. The van der Waals surface area contributed by atoms with Crippen LogP contribution in [0.25, 0.3) is 0 Å². The molecule has 6 heteroatoms. The highest BCUT2D eigenvalue weighted by atomic mass is 35.5. The van der Waals surface area contributed by atoms with Crippen LogP contribution in [0.3, 0.4) is 0 Å². The lowest BCUT2D eigenvalue weighted by atomic mass is 10.1. The van der Waals surface area contributed by atoms with Gasteiger partial charge in [0, 0.05) is 5.02 Å². The SMILES string of the molecule is CC(NC(=O)c1ccc(Cl)cc1Cl)c1ccc2c(c1)OCO2. The van der Waals surface area contributed by atoms with Crippen LogP contribution in [-0.4, -0.2) is 12.7 Å². The standard InChI is InChI=1S/C16H13Cl2NO3/c1-9(10-2-5-14-15(6-10)22-8-21-14)19-16(20)12-4-3-11(17)7-13(12)18/h2-7,9H,8H2,1H3,(H,19,20). The minimum Gasteiger partial charge on any atom is -0.454 e. The fourth-order valence-corrected chi connectivity index (χ4v) is 2.71. The van der Waals surface area contributed by atoms with E-state index in [1.807, 2.05) is 25.1 Å². The van der Waals surface area contributed by atoms with Crippen LogP contribution in [0.1, 0.15) is 28.9 Å². The zero-order valence-electron chi connectivity index (χ0n) is 11.7. The number of benzene rings is 2. The molecule has 1 unspecified atom stereocenters. The quantitative estimate of drug-likeness (QED) is 0.912. The van der Waals surface area contributed by atoms with Crippen molar-refractivity contribution in [2.75, 3.05) is 6.79 Å². The van der Waals surface area contributed by atoms with Gasteiger partial charge >= 0.3 is 0 Å². The number of carbonyl (C=O) groups is 1. The van der Waals surface area contributed by atoms with Crippen LogP contribution in [0.5, 0.6) is 11.5 Å². The zero-order chi connectivity index (χ0) is 15.7. The molecule has 22 heavy (non-hydrogen) atoms. The van der Waals surface area contributed by atoms with Crippen molar-refractivity contribution in [2.45, 2.75) is 13.0 Å². The topological polar surface area (TPSA) is 47.6 Å². The molecular weight excluding hydrogens is 325 g/mol. The summed E-state index contributed by atoms with van der Waals surface area (Å²) in [5.74, 6) is 1.14. The molecule has 0 spiro atoms. The fourth-order valence-electron chi connectivity index (χ4n) is 2.21. The highest BCUT2D eigenvalue weighted by molar-refractivity contribution is 6.36. The van der Waals surface area contributed by atoms with E-state index in [4.69, 9.17) is 32.7 Å². The van der Waals surface area contributed by atoms with Gasteiger partial charge in [-0.25, -0.2) is 0 Å². The number of ether oxygens (including phenoxy) is 2. The summed E-state index contributed by atoms with van der Waals surface area (Å²) in [6.07, 6.45) is 0. The number of rotatable bonds is 3. The minimum absolute atomic E-state index is 0.200. The van der Waals surface area contributed by atoms with E-state index in [1.165, 1.54) is 0 Å². The Morgan fingerprint density at radius 1 is 1.14 bits per heavy atom. The molecule has 0 aromatic heterocycles. The Hall–Kier alpha value is -1.91. The van der Waals surface area contributed by atoms with E-state index in [0.717, 1.165) is 5.56 Å². The van der Waals surface area contributed by atoms with Gasteiger partial charge in [-0.1, -0.05) is 29.3 Å². The maximum absolute atomic E-state index is 12.3. The molecule has 114 valence electrons. The predicted octanol–water partition coefficient (Wildman–Crippen LogP) is 4.21. The Balaban J connectivity index is 1.76. The largest absolute Gasteiger partial charge is 0.454 e. The second kappa shape index (κ2) is 6.07. The molecule has 0 saturated heterocycles. The third-order valence-electron chi connectivity index (χ3n) is 3.42. The Morgan fingerprint density at radius 3 is 2.68 bits per heavy atom. The molecule has 2 aromatic rings. The molecule has 0 radical (unpaired) electrons. The van der Waals surface area contributed by atoms with E-state index >= 15 is 0 Å². The van der Waals surface area contributed by atoms with Crippen LogP contribution >= 0.6 is 23.2 Å². The Labute approximate surface area is 137 Å². The molecule has 1 amide bonds. The van der Waals surface area contributed by atoms with Gasteiger partial charge in [0.2, 0.25) is 6.79 Å². The van der Waals surface area contributed by atoms with Crippen LogP contribution in [-0.2, 0) is 0 Å². The zero-order valence-corrected chi connectivity index (χ0v) is 13.2. The second-order valence-electron chi connectivity index (χ2n) is 4.93. The Morgan fingerprint density at radius 2 is 1.91 bits per heavy atom. The van der Waals surface area contributed by atoms with E-state index in [1.54, 1.807) is 18.2 Å². The van der Waals surface area contributed by atoms with E-state index in [-0.39, 0.29) is 18.7 Å². The third kappa shape index (κ3) is 2.98. The summed E-state index contributed by atoms with van der Waals surface area (Å²) >= 11 is 11.9. The molecule has 3 rings (SSSR count). The molecule has 2 aromatic carbocycles. The van der Waals surface area contributed by atoms with Gasteiger partial charge in [0.25, 0.3) is 5.91 Å². The number of hydrogen-bond donors (Lipinski definition) is 1. The van der Waals surface area contributed by atoms with E-state index in [9.17, 15) is 4.79 Å². The van der Waals surface area contributed by atoms with E-state index in [0.29, 0.717) is 27.1 Å². The van der Waals surface area contributed by atoms with Crippen LogP contribution in [0.15, 0.2) is 36.4 Å².